The number of nitrogens with zero attached hydrogens (tertiary/aromatic N) is 2. The molecule has 1 saturated carbocycles. The fourth-order valence-corrected chi connectivity index (χ4v) is 2.55. The van der Waals surface area contributed by atoms with Gasteiger partial charge in [-0.25, -0.2) is 0 Å². The number of fused-ring (bicyclic) bond motifs is 1. The molecule has 1 aromatic heterocycles. The second-order valence-electron chi connectivity index (χ2n) is 4.87. The van der Waals surface area contributed by atoms with Gasteiger partial charge < -0.3 is 15.7 Å². The smallest absolute Gasteiger partial charge is 0.0672 e. The minimum absolute atomic E-state index is 0.150. The summed E-state index contributed by atoms with van der Waals surface area (Å²) in [5.41, 5.74) is 8.88. The quantitative estimate of drug-likeness (QED) is 0.714. The summed E-state index contributed by atoms with van der Waals surface area (Å²) in [5.74, 6) is 0. The van der Waals surface area contributed by atoms with E-state index < -0.39 is 0 Å². The zero-order chi connectivity index (χ0) is 12.5. The lowest BCUT2D eigenvalue weighted by Gasteiger charge is -2.39. The third-order valence-corrected chi connectivity index (χ3v) is 3.75. The Labute approximate surface area is 106 Å². The lowest BCUT2D eigenvalue weighted by Crippen LogP contribution is -2.42. The Morgan fingerprint density at radius 2 is 2.28 bits per heavy atom. The Morgan fingerprint density at radius 1 is 1.44 bits per heavy atom. The number of aliphatic hydroxyl groups excluding tert-OH is 1. The maximum absolute atomic E-state index is 9.23. The lowest BCUT2D eigenvalue weighted by molar-refractivity contribution is 0.284. The van der Waals surface area contributed by atoms with Gasteiger partial charge in [0.15, 0.2) is 0 Å². The van der Waals surface area contributed by atoms with Crippen LogP contribution in [0.5, 0.6) is 0 Å². The molecule has 4 N–H and O–H groups in total. The summed E-state index contributed by atoms with van der Waals surface area (Å²) in [6.07, 6.45) is 5.40. The summed E-state index contributed by atoms with van der Waals surface area (Å²) in [6, 6.07) is 4.49. The molecule has 1 aliphatic rings. The molecule has 1 aromatic carbocycles. The number of rotatable bonds is 4. The first-order valence-corrected chi connectivity index (χ1v) is 6.39. The van der Waals surface area contributed by atoms with Crippen LogP contribution in [0.15, 0.2) is 18.3 Å². The third kappa shape index (κ3) is 1.80. The number of aromatic nitrogens is 2. The van der Waals surface area contributed by atoms with E-state index in [1.807, 2.05) is 12.1 Å². The van der Waals surface area contributed by atoms with Crippen LogP contribution in [0, 0.1) is 0 Å². The maximum atomic E-state index is 9.23. The van der Waals surface area contributed by atoms with Crippen molar-refractivity contribution in [2.75, 3.05) is 23.8 Å². The topological polar surface area (TPSA) is 78.2 Å². The number of aliphatic hydroxyl groups is 1. The van der Waals surface area contributed by atoms with Crippen molar-refractivity contribution in [1.29, 1.82) is 0 Å². The predicted octanol–water partition coefficient (Wildman–Crippen LogP) is 1.50. The second kappa shape index (κ2) is 4.49. The van der Waals surface area contributed by atoms with Crippen molar-refractivity contribution in [3.05, 3.63) is 18.3 Å². The van der Waals surface area contributed by atoms with Gasteiger partial charge >= 0.3 is 0 Å². The Morgan fingerprint density at radius 3 is 2.94 bits per heavy atom. The van der Waals surface area contributed by atoms with Gasteiger partial charge in [0.1, 0.15) is 0 Å². The summed E-state index contributed by atoms with van der Waals surface area (Å²) in [7, 11) is 0. The number of anilines is 2. The number of hydrogen-bond acceptors (Lipinski definition) is 4. The average molecular weight is 246 g/mol. The van der Waals surface area contributed by atoms with Crippen LogP contribution in [-0.2, 0) is 0 Å². The summed E-state index contributed by atoms with van der Waals surface area (Å²) < 4.78 is 0. The van der Waals surface area contributed by atoms with Gasteiger partial charge in [0.05, 0.1) is 29.7 Å². The van der Waals surface area contributed by atoms with Crippen molar-refractivity contribution < 1.29 is 5.11 Å². The molecule has 0 bridgehead atoms. The highest BCUT2D eigenvalue weighted by atomic mass is 16.3. The standard InChI is InChI=1S/C13H18N4O/c14-11-6-9-8-15-16-12(9)7-13(11)17(4-5-18)10-2-1-3-10/h6-8,10,18H,1-5,14H2,(H,15,16). The van der Waals surface area contributed by atoms with E-state index in [1.165, 1.54) is 19.3 Å². The van der Waals surface area contributed by atoms with Crippen LogP contribution in [0.3, 0.4) is 0 Å². The Hall–Kier alpha value is -1.75. The van der Waals surface area contributed by atoms with E-state index in [0.717, 1.165) is 22.3 Å². The molecule has 0 amide bonds. The summed E-state index contributed by atoms with van der Waals surface area (Å²) >= 11 is 0. The van der Waals surface area contributed by atoms with Crippen molar-refractivity contribution in [2.24, 2.45) is 0 Å². The molecule has 1 fully saturated rings. The molecule has 2 aromatic rings. The SMILES string of the molecule is Nc1cc2cn[nH]c2cc1N(CCO)C1CCC1. The van der Waals surface area contributed by atoms with Gasteiger partial charge in [-0.05, 0) is 31.4 Å². The minimum atomic E-state index is 0.150. The molecule has 1 heterocycles. The molecule has 0 spiro atoms. The van der Waals surface area contributed by atoms with Crippen molar-refractivity contribution >= 4 is 22.3 Å². The van der Waals surface area contributed by atoms with Crippen molar-refractivity contribution in [3.63, 3.8) is 0 Å². The molecule has 18 heavy (non-hydrogen) atoms. The predicted molar refractivity (Wildman–Crippen MR) is 72.6 cm³/mol. The van der Waals surface area contributed by atoms with Gasteiger partial charge in [0.25, 0.3) is 0 Å². The van der Waals surface area contributed by atoms with E-state index in [-0.39, 0.29) is 6.61 Å². The van der Waals surface area contributed by atoms with Gasteiger partial charge in [-0.15, -0.1) is 0 Å². The number of nitrogens with one attached hydrogen (secondary N) is 1. The number of aromatic amines is 1. The molecular formula is C13H18N4O. The molecule has 0 radical (unpaired) electrons. The Kier molecular flexibility index (Phi) is 2.83. The van der Waals surface area contributed by atoms with E-state index in [4.69, 9.17) is 5.73 Å². The van der Waals surface area contributed by atoms with Crippen molar-refractivity contribution in [1.82, 2.24) is 10.2 Å². The molecule has 0 atom stereocenters. The number of nitrogen functional groups attached to an aromatic ring is 1. The highest BCUT2D eigenvalue weighted by Crippen LogP contribution is 2.34. The normalized spacial score (nSPS) is 15.8. The van der Waals surface area contributed by atoms with Crippen molar-refractivity contribution in [2.45, 2.75) is 25.3 Å². The molecule has 0 unspecified atom stereocenters. The molecule has 5 nitrogen and oxygen atoms in total. The van der Waals surface area contributed by atoms with Crippen LogP contribution < -0.4 is 10.6 Å². The Balaban J connectivity index is 2.00. The number of H-pyrrole nitrogens is 1. The largest absolute Gasteiger partial charge is 0.397 e. The fraction of sp³-hybridized carbons (Fsp3) is 0.462. The zero-order valence-electron chi connectivity index (χ0n) is 10.3. The van der Waals surface area contributed by atoms with Gasteiger partial charge in [0, 0.05) is 18.0 Å². The number of nitrogens with two attached hydrogens (primary N) is 1. The molecular weight excluding hydrogens is 228 g/mol. The second-order valence-corrected chi connectivity index (χ2v) is 4.87. The van der Waals surface area contributed by atoms with Crippen LogP contribution in [0.4, 0.5) is 11.4 Å². The van der Waals surface area contributed by atoms with Gasteiger partial charge in [-0.3, -0.25) is 5.10 Å². The average Bonchev–Trinajstić information content (AvgIpc) is 2.72. The highest BCUT2D eigenvalue weighted by molar-refractivity contribution is 5.89. The third-order valence-electron chi connectivity index (χ3n) is 3.75. The molecule has 5 heteroatoms. The maximum Gasteiger partial charge on any atom is 0.0672 e. The molecule has 3 rings (SSSR count). The van der Waals surface area contributed by atoms with Crippen LogP contribution in [-0.4, -0.2) is 34.5 Å². The van der Waals surface area contributed by atoms with E-state index in [1.54, 1.807) is 6.20 Å². The van der Waals surface area contributed by atoms with E-state index >= 15 is 0 Å². The first kappa shape index (κ1) is 11.3. The van der Waals surface area contributed by atoms with Gasteiger partial charge in [-0.2, -0.15) is 5.10 Å². The first-order valence-electron chi connectivity index (χ1n) is 6.39. The minimum Gasteiger partial charge on any atom is -0.397 e. The van der Waals surface area contributed by atoms with Crippen molar-refractivity contribution in [3.8, 4) is 0 Å². The van der Waals surface area contributed by atoms with Crippen LogP contribution >= 0.6 is 0 Å². The van der Waals surface area contributed by atoms with Crippen LogP contribution in [0.2, 0.25) is 0 Å². The fourth-order valence-electron chi connectivity index (χ4n) is 2.55. The first-order chi connectivity index (χ1) is 8.79. The molecule has 0 saturated heterocycles. The summed E-state index contributed by atoms with van der Waals surface area (Å²) in [4.78, 5) is 2.22. The molecule has 1 aliphatic carbocycles. The van der Waals surface area contributed by atoms with Gasteiger partial charge in [0.2, 0.25) is 0 Å². The van der Waals surface area contributed by atoms with Crippen LogP contribution in [0.25, 0.3) is 10.9 Å². The number of benzene rings is 1. The highest BCUT2D eigenvalue weighted by Gasteiger charge is 2.26. The molecule has 0 aliphatic heterocycles. The zero-order valence-corrected chi connectivity index (χ0v) is 10.3. The van der Waals surface area contributed by atoms with Gasteiger partial charge in [-0.1, -0.05) is 0 Å². The van der Waals surface area contributed by atoms with Crippen LogP contribution in [0.1, 0.15) is 19.3 Å². The van der Waals surface area contributed by atoms with E-state index in [2.05, 4.69) is 15.1 Å². The molecule has 96 valence electrons. The lowest BCUT2D eigenvalue weighted by atomic mass is 9.91. The summed E-state index contributed by atoms with van der Waals surface area (Å²) in [5, 5.41) is 17.2. The van der Waals surface area contributed by atoms with E-state index in [9.17, 15) is 5.11 Å². The monoisotopic (exact) mass is 246 g/mol. The summed E-state index contributed by atoms with van der Waals surface area (Å²) in [6.45, 7) is 0.783. The Bertz CT molecular complexity index is 547. The number of hydrogen-bond donors (Lipinski definition) is 3. The van der Waals surface area contributed by atoms with E-state index in [0.29, 0.717) is 12.6 Å².